The van der Waals surface area contributed by atoms with Crippen LogP contribution in [0.1, 0.15) is 12.5 Å². The molecule has 0 saturated carbocycles. The van der Waals surface area contributed by atoms with E-state index in [2.05, 4.69) is 10.1 Å². The molecule has 0 aliphatic heterocycles. The molecule has 27 heavy (non-hydrogen) atoms. The van der Waals surface area contributed by atoms with Gasteiger partial charge in [0.25, 0.3) is 5.56 Å². The summed E-state index contributed by atoms with van der Waals surface area (Å²) in [5.74, 6) is 0.852. The summed E-state index contributed by atoms with van der Waals surface area (Å²) < 4.78 is 12.2. The third kappa shape index (κ3) is 3.34. The lowest BCUT2D eigenvalue weighted by Crippen LogP contribution is -2.23. The van der Waals surface area contributed by atoms with Gasteiger partial charge in [-0.1, -0.05) is 23.5 Å². The molecule has 3 aromatic heterocycles. The van der Waals surface area contributed by atoms with Crippen molar-refractivity contribution in [1.29, 1.82) is 0 Å². The molecule has 0 aliphatic carbocycles. The summed E-state index contributed by atoms with van der Waals surface area (Å²) in [7, 11) is 1.49. The van der Waals surface area contributed by atoms with Gasteiger partial charge in [0.05, 0.1) is 16.5 Å². The number of hydrogen-bond donors (Lipinski definition) is 0. The van der Waals surface area contributed by atoms with E-state index < -0.39 is 5.97 Å². The molecule has 4 rings (SSSR count). The van der Waals surface area contributed by atoms with Crippen molar-refractivity contribution in [2.45, 2.75) is 6.92 Å². The SMILES string of the molecule is COc1cc(/C=c2/sc3nc(-c4cccs4)nn3c2=O)ccc1OC(C)=O. The summed E-state index contributed by atoms with van der Waals surface area (Å²) in [6, 6.07) is 8.90. The maximum atomic E-state index is 12.6. The summed E-state index contributed by atoms with van der Waals surface area (Å²) in [5.41, 5.74) is 0.510. The van der Waals surface area contributed by atoms with Crippen molar-refractivity contribution < 1.29 is 14.3 Å². The highest BCUT2D eigenvalue weighted by atomic mass is 32.1. The van der Waals surface area contributed by atoms with Crippen LogP contribution in [-0.4, -0.2) is 27.7 Å². The van der Waals surface area contributed by atoms with Crippen molar-refractivity contribution >= 4 is 39.7 Å². The third-order valence-electron chi connectivity index (χ3n) is 3.66. The Morgan fingerprint density at radius 2 is 2.11 bits per heavy atom. The number of carbonyl (C=O) groups is 1. The quantitative estimate of drug-likeness (QED) is 0.387. The van der Waals surface area contributed by atoms with Crippen molar-refractivity contribution in [2.24, 2.45) is 0 Å². The van der Waals surface area contributed by atoms with Gasteiger partial charge in [0, 0.05) is 6.92 Å². The number of methoxy groups -OCH3 is 1. The minimum Gasteiger partial charge on any atom is -0.493 e. The zero-order chi connectivity index (χ0) is 19.0. The van der Waals surface area contributed by atoms with Crippen LogP contribution >= 0.6 is 22.7 Å². The maximum absolute atomic E-state index is 12.6. The summed E-state index contributed by atoms with van der Waals surface area (Å²) in [6.07, 6.45) is 1.73. The molecule has 7 nitrogen and oxygen atoms in total. The highest BCUT2D eigenvalue weighted by molar-refractivity contribution is 7.15. The fourth-order valence-electron chi connectivity index (χ4n) is 2.51. The first kappa shape index (κ1) is 17.4. The Bertz CT molecular complexity index is 1240. The standard InChI is InChI=1S/C18H13N3O4S2/c1-10(22)25-12-6-5-11(8-13(12)24-2)9-15-17(23)21-18(27-15)19-16(20-21)14-4-3-7-26-14/h3-9H,1-2H3/b15-9+. The van der Waals surface area contributed by atoms with E-state index in [1.807, 2.05) is 17.5 Å². The van der Waals surface area contributed by atoms with E-state index in [0.29, 0.717) is 26.8 Å². The van der Waals surface area contributed by atoms with Gasteiger partial charge in [-0.2, -0.15) is 9.50 Å². The van der Waals surface area contributed by atoms with Gasteiger partial charge >= 0.3 is 5.97 Å². The van der Waals surface area contributed by atoms with E-state index in [9.17, 15) is 9.59 Å². The molecule has 0 spiro atoms. The highest BCUT2D eigenvalue weighted by Crippen LogP contribution is 2.28. The zero-order valence-corrected chi connectivity index (χ0v) is 16.0. The molecule has 0 bridgehead atoms. The highest BCUT2D eigenvalue weighted by Gasteiger charge is 2.13. The fraction of sp³-hybridized carbons (Fsp3) is 0.111. The van der Waals surface area contributed by atoms with E-state index >= 15 is 0 Å². The lowest BCUT2D eigenvalue weighted by molar-refractivity contribution is -0.132. The molecule has 0 fully saturated rings. The van der Waals surface area contributed by atoms with E-state index in [4.69, 9.17) is 9.47 Å². The van der Waals surface area contributed by atoms with E-state index in [1.54, 1.807) is 24.3 Å². The Hall–Kier alpha value is -3.04. The second-order valence-electron chi connectivity index (χ2n) is 5.53. The third-order valence-corrected chi connectivity index (χ3v) is 5.49. The van der Waals surface area contributed by atoms with Crippen LogP contribution in [0.5, 0.6) is 11.5 Å². The van der Waals surface area contributed by atoms with Crippen LogP contribution in [0.15, 0.2) is 40.5 Å². The van der Waals surface area contributed by atoms with E-state index in [-0.39, 0.29) is 5.56 Å². The topological polar surface area (TPSA) is 82.8 Å². The number of aromatic nitrogens is 3. The number of rotatable bonds is 4. The van der Waals surface area contributed by atoms with Gasteiger partial charge in [0.15, 0.2) is 17.3 Å². The van der Waals surface area contributed by atoms with Gasteiger partial charge in [0.1, 0.15) is 0 Å². The molecule has 0 atom stereocenters. The van der Waals surface area contributed by atoms with Crippen LogP contribution < -0.4 is 19.6 Å². The van der Waals surface area contributed by atoms with Crippen molar-refractivity contribution in [3.8, 4) is 22.2 Å². The molecular formula is C18H13N3O4S2. The molecular weight excluding hydrogens is 386 g/mol. The molecule has 0 unspecified atom stereocenters. The lowest BCUT2D eigenvalue weighted by atomic mass is 10.2. The molecule has 4 aromatic rings. The number of benzene rings is 1. The maximum Gasteiger partial charge on any atom is 0.308 e. The molecule has 136 valence electrons. The molecule has 9 heteroatoms. The van der Waals surface area contributed by atoms with Crippen LogP contribution in [0.25, 0.3) is 21.7 Å². The Morgan fingerprint density at radius 3 is 2.78 bits per heavy atom. The van der Waals surface area contributed by atoms with Crippen molar-refractivity contribution in [1.82, 2.24) is 14.6 Å². The van der Waals surface area contributed by atoms with Crippen LogP contribution in [0, 0.1) is 0 Å². The number of nitrogens with zero attached hydrogens (tertiary/aromatic N) is 3. The number of hydrogen-bond acceptors (Lipinski definition) is 8. The summed E-state index contributed by atoms with van der Waals surface area (Å²) in [4.78, 5) is 29.7. The monoisotopic (exact) mass is 399 g/mol. The second-order valence-corrected chi connectivity index (χ2v) is 7.48. The van der Waals surface area contributed by atoms with Gasteiger partial charge in [0.2, 0.25) is 4.96 Å². The van der Waals surface area contributed by atoms with E-state index in [1.165, 1.54) is 41.2 Å². The first-order valence-corrected chi connectivity index (χ1v) is 9.56. The summed E-state index contributed by atoms with van der Waals surface area (Å²) in [5, 5.41) is 6.25. The minimum atomic E-state index is -0.432. The van der Waals surface area contributed by atoms with Crippen molar-refractivity contribution in [3.63, 3.8) is 0 Å². The number of carbonyl (C=O) groups excluding carboxylic acids is 1. The first-order chi connectivity index (χ1) is 13.0. The Morgan fingerprint density at radius 1 is 1.26 bits per heavy atom. The Balaban J connectivity index is 1.74. The smallest absolute Gasteiger partial charge is 0.308 e. The van der Waals surface area contributed by atoms with Crippen molar-refractivity contribution in [3.05, 3.63) is 56.2 Å². The van der Waals surface area contributed by atoms with Gasteiger partial charge in [-0.3, -0.25) is 9.59 Å². The predicted octanol–water partition coefficient (Wildman–Crippen LogP) is 2.36. The van der Waals surface area contributed by atoms with E-state index in [0.717, 1.165) is 10.4 Å². The van der Waals surface area contributed by atoms with Gasteiger partial charge in [-0.25, -0.2) is 0 Å². The van der Waals surface area contributed by atoms with Crippen molar-refractivity contribution in [2.75, 3.05) is 7.11 Å². The van der Waals surface area contributed by atoms with Gasteiger partial charge in [-0.15, -0.1) is 16.4 Å². The average Bonchev–Trinajstić information content (AvgIpc) is 3.35. The van der Waals surface area contributed by atoms with Crippen LogP contribution in [0.2, 0.25) is 0 Å². The number of thiophene rings is 1. The molecule has 3 heterocycles. The average molecular weight is 399 g/mol. The summed E-state index contributed by atoms with van der Waals surface area (Å²) >= 11 is 2.79. The number of fused-ring (bicyclic) bond motifs is 1. The van der Waals surface area contributed by atoms with Gasteiger partial charge < -0.3 is 9.47 Å². The first-order valence-electron chi connectivity index (χ1n) is 7.87. The number of ether oxygens (including phenoxy) is 2. The van der Waals surface area contributed by atoms with Crippen LogP contribution in [0.3, 0.4) is 0 Å². The summed E-state index contributed by atoms with van der Waals surface area (Å²) in [6.45, 7) is 1.32. The van der Waals surface area contributed by atoms with Crippen LogP contribution in [-0.2, 0) is 4.79 Å². The minimum absolute atomic E-state index is 0.228. The molecule has 0 radical (unpaired) electrons. The normalized spacial score (nSPS) is 11.9. The fourth-order valence-corrected chi connectivity index (χ4v) is 4.07. The largest absolute Gasteiger partial charge is 0.493 e. The molecule has 1 aromatic carbocycles. The zero-order valence-electron chi connectivity index (χ0n) is 14.3. The lowest BCUT2D eigenvalue weighted by Gasteiger charge is -2.08. The van der Waals surface area contributed by atoms with Gasteiger partial charge in [-0.05, 0) is 35.2 Å². The molecule has 0 amide bonds. The second kappa shape index (κ2) is 6.93. The van der Waals surface area contributed by atoms with Crippen LogP contribution in [0.4, 0.5) is 0 Å². The number of esters is 1. The number of thiazole rings is 1. The molecule has 0 N–H and O–H groups in total. The Labute approximate surface area is 161 Å². The molecule has 0 aliphatic rings. The predicted molar refractivity (Wildman–Crippen MR) is 104 cm³/mol. The Kier molecular flexibility index (Phi) is 4.46. The molecule has 0 saturated heterocycles.